The molecule has 1 N–H and O–H groups in total. The normalized spacial score (nSPS) is 22.5. The van der Waals surface area contributed by atoms with E-state index in [1.54, 1.807) is 0 Å². The summed E-state index contributed by atoms with van der Waals surface area (Å²) in [5.74, 6) is 0. The smallest absolute Gasteiger partial charge is 0.0475 e. The Morgan fingerprint density at radius 3 is 2.87 bits per heavy atom. The number of aryl methyl sites for hydroxylation is 1. The van der Waals surface area contributed by atoms with Gasteiger partial charge in [-0.2, -0.15) is 0 Å². The molecule has 1 aromatic rings. The standard InChI is InChI=1S/C13H17NO/c1-10-2-3-12-11(8-10)13(9-14-12)4-6-15-7-5-13/h2-3,8,14H,4-7,9H2,1H3. The predicted molar refractivity (Wildman–Crippen MR) is 61.4 cm³/mol. The van der Waals surface area contributed by atoms with Gasteiger partial charge in [-0.15, -0.1) is 0 Å². The van der Waals surface area contributed by atoms with Gasteiger partial charge in [0.1, 0.15) is 0 Å². The Hall–Kier alpha value is -1.02. The molecule has 2 aliphatic heterocycles. The van der Waals surface area contributed by atoms with Gasteiger partial charge in [0.2, 0.25) is 0 Å². The number of anilines is 1. The molecule has 0 unspecified atom stereocenters. The van der Waals surface area contributed by atoms with Crippen molar-refractivity contribution in [3.63, 3.8) is 0 Å². The molecular formula is C13H17NO. The van der Waals surface area contributed by atoms with Gasteiger partial charge in [-0.05, 0) is 31.4 Å². The molecule has 1 aromatic carbocycles. The second-order valence-corrected chi connectivity index (χ2v) is 4.80. The average molecular weight is 203 g/mol. The van der Waals surface area contributed by atoms with Gasteiger partial charge < -0.3 is 10.1 Å². The third-order valence-corrected chi connectivity index (χ3v) is 3.81. The molecule has 1 spiro atoms. The molecular weight excluding hydrogens is 186 g/mol. The van der Waals surface area contributed by atoms with Crippen molar-refractivity contribution in [2.75, 3.05) is 25.1 Å². The first-order valence-electron chi connectivity index (χ1n) is 5.73. The van der Waals surface area contributed by atoms with E-state index in [9.17, 15) is 0 Å². The zero-order valence-electron chi connectivity index (χ0n) is 9.18. The Morgan fingerprint density at radius 1 is 1.27 bits per heavy atom. The zero-order chi connectivity index (χ0) is 10.3. The van der Waals surface area contributed by atoms with Crippen LogP contribution in [0.2, 0.25) is 0 Å². The molecule has 1 fully saturated rings. The summed E-state index contributed by atoms with van der Waals surface area (Å²) in [5, 5.41) is 3.53. The monoisotopic (exact) mass is 203 g/mol. The number of rotatable bonds is 0. The molecule has 2 heterocycles. The van der Waals surface area contributed by atoms with E-state index in [2.05, 4.69) is 30.4 Å². The van der Waals surface area contributed by atoms with Crippen LogP contribution in [0.3, 0.4) is 0 Å². The second-order valence-electron chi connectivity index (χ2n) is 4.80. The van der Waals surface area contributed by atoms with Crippen LogP contribution in [0, 0.1) is 6.92 Å². The molecule has 0 aliphatic carbocycles. The maximum absolute atomic E-state index is 5.47. The van der Waals surface area contributed by atoms with E-state index in [0.717, 1.165) is 32.6 Å². The van der Waals surface area contributed by atoms with Crippen molar-refractivity contribution < 1.29 is 4.74 Å². The highest BCUT2D eigenvalue weighted by atomic mass is 16.5. The number of hydrogen-bond acceptors (Lipinski definition) is 2. The predicted octanol–water partition coefficient (Wildman–Crippen LogP) is 2.47. The van der Waals surface area contributed by atoms with Crippen LogP contribution in [-0.4, -0.2) is 19.8 Å². The van der Waals surface area contributed by atoms with Gasteiger partial charge in [0.15, 0.2) is 0 Å². The zero-order valence-corrected chi connectivity index (χ0v) is 9.18. The lowest BCUT2D eigenvalue weighted by atomic mass is 9.75. The molecule has 0 saturated carbocycles. The van der Waals surface area contributed by atoms with E-state index in [0.29, 0.717) is 5.41 Å². The van der Waals surface area contributed by atoms with Gasteiger partial charge in [0.25, 0.3) is 0 Å². The Balaban J connectivity index is 2.05. The van der Waals surface area contributed by atoms with Crippen LogP contribution < -0.4 is 5.32 Å². The highest BCUT2D eigenvalue weighted by molar-refractivity contribution is 5.61. The summed E-state index contributed by atoms with van der Waals surface area (Å²) in [5.41, 5.74) is 4.58. The van der Waals surface area contributed by atoms with Gasteiger partial charge in [-0.3, -0.25) is 0 Å². The number of benzene rings is 1. The number of ether oxygens (including phenoxy) is 1. The molecule has 2 aliphatic rings. The van der Waals surface area contributed by atoms with Crippen molar-refractivity contribution in [2.24, 2.45) is 0 Å². The first-order chi connectivity index (χ1) is 7.30. The highest BCUT2D eigenvalue weighted by Gasteiger charge is 2.39. The maximum atomic E-state index is 5.47. The minimum atomic E-state index is 0.361. The number of nitrogens with one attached hydrogen (secondary N) is 1. The molecule has 80 valence electrons. The molecule has 0 aromatic heterocycles. The van der Waals surface area contributed by atoms with Crippen molar-refractivity contribution in [2.45, 2.75) is 25.2 Å². The summed E-state index contributed by atoms with van der Waals surface area (Å²) in [6.07, 6.45) is 2.33. The Kier molecular flexibility index (Phi) is 1.99. The third-order valence-electron chi connectivity index (χ3n) is 3.81. The van der Waals surface area contributed by atoms with Gasteiger partial charge in [-0.1, -0.05) is 17.7 Å². The minimum Gasteiger partial charge on any atom is -0.384 e. The van der Waals surface area contributed by atoms with Crippen LogP contribution in [0.25, 0.3) is 0 Å². The summed E-state index contributed by atoms with van der Waals surface area (Å²) in [6.45, 7) is 5.09. The lowest BCUT2D eigenvalue weighted by molar-refractivity contribution is 0.0567. The highest BCUT2D eigenvalue weighted by Crippen LogP contribution is 2.43. The Bertz CT molecular complexity index is 375. The first kappa shape index (κ1) is 9.22. The summed E-state index contributed by atoms with van der Waals surface area (Å²) < 4.78 is 5.47. The van der Waals surface area contributed by atoms with E-state index in [1.165, 1.54) is 16.8 Å². The molecule has 2 heteroatoms. The molecule has 0 bridgehead atoms. The van der Waals surface area contributed by atoms with Gasteiger partial charge in [0.05, 0.1) is 0 Å². The van der Waals surface area contributed by atoms with E-state index in [4.69, 9.17) is 4.74 Å². The average Bonchev–Trinajstić information content (AvgIpc) is 2.59. The topological polar surface area (TPSA) is 21.3 Å². The SMILES string of the molecule is Cc1ccc2c(c1)C1(CCOCC1)CN2. The number of fused-ring (bicyclic) bond motifs is 2. The van der Waals surface area contributed by atoms with Gasteiger partial charge in [0, 0.05) is 30.9 Å². The van der Waals surface area contributed by atoms with Crippen LogP contribution in [0.4, 0.5) is 5.69 Å². The fourth-order valence-corrected chi connectivity index (χ4v) is 2.82. The third kappa shape index (κ3) is 1.36. The van der Waals surface area contributed by atoms with Gasteiger partial charge in [-0.25, -0.2) is 0 Å². The summed E-state index contributed by atoms with van der Waals surface area (Å²) >= 11 is 0. The van der Waals surface area contributed by atoms with Crippen LogP contribution in [0.15, 0.2) is 18.2 Å². The molecule has 1 saturated heterocycles. The quantitative estimate of drug-likeness (QED) is 0.699. The van der Waals surface area contributed by atoms with E-state index < -0.39 is 0 Å². The lowest BCUT2D eigenvalue weighted by Gasteiger charge is -2.33. The summed E-state index contributed by atoms with van der Waals surface area (Å²) in [6, 6.07) is 6.75. The summed E-state index contributed by atoms with van der Waals surface area (Å²) in [4.78, 5) is 0. The molecule has 2 nitrogen and oxygen atoms in total. The Labute approximate surface area is 90.6 Å². The van der Waals surface area contributed by atoms with E-state index >= 15 is 0 Å². The van der Waals surface area contributed by atoms with Crippen LogP contribution in [0.1, 0.15) is 24.0 Å². The van der Waals surface area contributed by atoms with Crippen LogP contribution in [-0.2, 0) is 10.2 Å². The molecule has 0 atom stereocenters. The van der Waals surface area contributed by atoms with Crippen molar-refractivity contribution in [1.29, 1.82) is 0 Å². The summed E-state index contributed by atoms with van der Waals surface area (Å²) in [7, 11) is 0. The molecule has 0 amide bonds. The first-order valence-corrected chi connectivity index (χ1v) is 5.73. The fraction of sp³-hybridized carbons (Fsp3) is 0.538. The second kappa shape index (κ2) is 3.24. The lowest BCUT2D eigenvalue weighted by Crippen LogP contribution is -2.35. The van der Waals surface area contributed by atoms with Crippen LogP contribution in [0.5, 0.6) is 0 Å². The van der Waals surface area contributed by atoms with Crippen molar-refractivity contribution in [3.8, 4) is 0 Å². The molecule has 15 heavy (non-hydrogen) atoms. The number of hydrogen-bond donors (Lipinski definition) is 1. The molecule has 3 rings (SSSR count). The Morgan fingerprint density at radius 2 is 2.07 bits per heavy atom. The van der Waals surface area contributed by atoms with Crippen molar-refractivity contribution in [3.05, 3.63) is 29.3 Å². The van der Waals surface area contributed by atoms with E-state index in [-0.39, 0.29) is 0 Å². The van der Waals surface area contributed by atoms with Gasteiger partial charge >= 0.3 is 0 Å². The largest absolute Gasteiger partial charge is 0.384 e. The fourth-order valence-electron chi connectivity index (χ4n) is 2.82. The van der Waals surface area contributed by atoms with Crippen molar-refractivity contribution in [1.82, 2.24) is 0 Å². The van der Waals surface area contributed by atoms with E-state index in [1.807, 2.05) is 0 Å². The maximum Gasteiger partial charge on any atom is 0.0475 e. The minimum absolute atomic E-state index is 0.361. The molecule has 0 radical (unpaired) electrons. The van der Waals surface area contributed by atoms with Crippen molar-refractivity contribution >= 4 is 5.69 Å². The van der Waals surface area contributed by atoms with Crippen LogP contribution >= 0.6 is 0 Å².